The van der Waals surface area contributed by atoms with E-state index in [1.54, 1.807) is 30.3 Å². The van der Waals surface area contributed by atoms with Crippen LogP contribution in [-0.4, -0.2) is 147 Å². The number of benzene rings is 1. The Labute approximate surface area is 356 Å². The molecule has 0 aromatic heterocycles. The number of nitrogens with two attached hydrogens (primary N) is 3. The molecular weight excluding hydrogens is 816 g/mol. The highest BCUT2D eigenvalue weighted by atomic mass is 16.4. The maximum absolute atomic E-state index is 14.2. The number of rotatable bonds is 24. The summed E-state index contributed by atoms with van der Waals surface area (Å²) in [6.45, 7) is 0.400. The standard InChI is InChI=1S/C39H56N10O13/c1-21(51)43-27(20-50)35(57)45-23(11-14-30(40)52)33(55)44-24(12-15-31(41)53)34(56)46-25(13-16-32(42)54)37(59)49-18-6-10-29(49)38(60)48-17-5-9-28(48)36(58)47-26(39(61)62)19-22-7-3-2-4-8-22/h2-4,7-8,23-29,50H,5-6,9-20H2,1H3,(H2,40,52)(H2,41,53)(H2,42,54)(H,43,51)(H,44,55)(H,45,57)(H,46,56)(H,47,58)(H,61,62)/t23-,24-,25-,26-,27-,28-,29-/m0/s1. The molecule has 10 amide bonds. The van der Waals surface area contributed by atoms with Crippen molar-refractivity contribution in [2.24, 2.45) is 17.2 Å². The number of aliphatic hydroxyl groups is 1. The molecule has 0 unspecified atom stereocenters. The van der Waals surface area contributed by atoms with Crippen molar-refractivity contribution in [3.63, 3.8) is 0 Å². The minimum atomic E-state index is -1.62. The number of hydrogen-bond donors (Lipinski definition) is 10. The van der Waals surface area contributed by atoms with Crippen molar-refractivity contribution in [3.8, 4) is 0 Å². The molecule has 2 saturated heterocycles. The molecule has 0 spiro atoms. The highest BCUT2D eigenvalue weighted by Crippen LogP contribution is 2.26. The summed E-state index contributed by atoms with van der Waals surface area (Å²) < 4.78 is 0. The van der Waals surface area contributed by atoms with Crippen LogP contribution in [0.2, 0.25) is 0 Å². The Morgan fingerprint density at radius 1 is 0.629 bits per heavy atom. The van der Waals surface area contributed by atoms with E-state index in [0.29, 0.717) is 18.4 Å². The monoisotopic (exact) mass is 872 g/mol. The number of carbonyl (C=O) groups excluding carboxylic acids is 10. The zero-order valence-electron chi connectivity index (χ0n) is 34.3. The van der Waals surface area contributed by atoms with Crippen LogP contribution in [0.3, 0.4) is 0 Å². The summed E-state index contributed by atoms with van der Waals surface area (Å²) in [6, 6.07) is -0.962. The van der Waals surface area contributed by atoms with Gasteiger partial charge in [0, 0.05) is 45.7 Å². The van der Waals surface area contributed by atoms with Crippen LogP contribution >= 0.6 is 0 Å². The fourth-order valence-electron chi connectivity index (χ4n) is 7.21. The number of amides is 10. The summed E-state index contributed by atoms with van der Waals surface area (Å²) in [7, 11) is 0. The third-order valence-electron chi connectivity index (χ3n) is 10.4. The summed E-state index contributed by atoms with van der Waals surface area (Å²) >= 11 is 0. The molecule has 1 aromatic carbocycles. The molecule has 0 aliphatic carbocycles. The lowest BCUT2D eigenvalue weighted by molar-refractivity contribution is -0.149. The average molecular weight is 873 g/mol. The van der Waals surface area contributed by atoms with E-state index in [1.165, 1.54) is 9.80 Å². The molecule has 0 radical (unpaired) electrons. The Hall–Kier alpha value is -6.65. The van der Waals surface area contributed by atoms with Gasteiger partial charge < -0.3 is 63.8 Å². The quantitative estimate of drug-likeness (QED) is 0.0469. The van der Waals surface area contributed by atoms with Crippen LogP contribution < -0.4 is 43.8 Å². The Balaban J connectivity index is 1.82. The van der Waals surface area contributed by atoms with E-state index >= 15 is 0 Å². The molecular formula is C39H56N10O13. The molecule has 2 aliphatic rings. The van der Waals surface area contributed by atoms with Crippen LogP contribution in [0, 0.1) is 0 Å². The molecule has 2 aliphatic heterocycles. The minimum Gasteiger partial charge on any atom is -0.480 e. The summed E-state index contributed by atoms with van der Waals surface area (Å²) in [5.41, 5.74) is 16.6. The molecule has 23 nitrogen and oxygen atoms in total. The van der Waals surface area contributed by atoms with Gasteiger partial charge >= 0.3 is 5.97 Å². The Morgan fingerprint density at radius 3 is 1.58 bits per heavy atom. The van der Waals surface area contributed by atoms with Crippen molar-refractivity contribution in [3.05, 3.63) is 35.9 Å². The highest BCUT2D eigenvalue weighted by Gasteiger charge is 2.44. The number of nitrogens with zero attached hydrogens (tertiary/aromatic N) is 2. The number of likely N-dealkylation sites (tertiary alicyclic amines) is 2. The van der Waals surface area contributed by atoms with Crippen molar-refractivity contribution in [1.29, 1.82) is 0 Å². The molecule has 13 N–H and O–H groups in total. The molecule has 62 heavy (non-hydrogen) atoms. The number of hydrogen-bond acceptors (Lipinski definition) is 12. The van der Waals surface area contributed by atoms with Gasteiger partial charge in [0.1, 0.15) is 42.3 Å². The molecule has 3 rings (SSSR count). The zero-order valence-corrected chi connectivity index (χ0v) is 34.3. The van der Waals surface area contributed by atoms with Gasteiger partial charge in [-0.05, 0) is 50.5 Å². The third kappa shape index (κ3) is 15.1. The van der Waals surface area contributed by atoms with Gasteiger partial charge in [-0.15, -0.1) is 0 Å². The summed E-state index contributed by atoms with van der Waals surface area (Å²) in [6.07, 6.45) is -1.32. The van der Waals surface area contributed by atoms with Gasteiger partial charge in [0.15, 0.2) is 0 Å². The van der Waals surface area contributed by atoms with E-state index in [2.05, 4.69) is 26.6 Å². The smallest absolute Gasteiger partial charge is 0.326 e. The van der Waals surface area contributed by atoms with Crippen LogP contribution in [-0.2, 0) is 59.2 Å². The van der Waals surface area contributed by atoms with Gasteiger partial charge in [0.05, 0.1) is 6.61 Å². The molecule has 340 valence electrons. The SMILES string of the molecule is CC(=O)N[C@@H](CO)C(=O)N[C@@H](CCC(N)=O)C(=O)N[C@@H](CCC(N)=O)C(=O)N[C@@H](CCC(N)=O)C(=O)N1CCC[C@H]1C(=O)N1CCC[C@H]1C(=O)N[C@@H](Cc1ccccc1)C(=O)O. The molecule has 7 atom stereocenters. The van der Waals surface area contributed by atoms with Gasteiger partial charge in [0.2, 0.25) is 59.1 Å². The van der Waals surface area contributed by atoms with Gasteiger partial charge in [-0.3, -0.25) is 47.9 Å². The van der Waals surface area contributed by atoms with E-state index in [9.17, 15) is 63.0 Å². The van der Waals surface area contributed by atoms with Crippen molar-refractivity contribution >= 4 is 65.0 Å². The normalized spacial score (nSPS) is 18.2. The summed E-state index contributed by atoms with van der Waals surface area (Å²) in [5.74, 6) is -9.71. The lowest BCUT2D eigenvalue weighted by atomic mass is 10.0. The van der Waals surface area contributed by atoms with Gasteiger partial charge in [0.25, 0.3) is 0 Å². The number of aliphatic carboxylic acids is 1. The van der Waals surface area contributed by atoms with E-state index in [0.717, 1.165) is 6.92 Å². The molecule has 1 aromatic rings. The van der Waals surface area contributed by atoms with Crippen molar-refractivity contribution in [2.75, 3.05) is 19.7 Å². The fraction of sp³-hybridized carbons (Fsp3) is 0.564. The van der Waals surface area contributed by atoms with Crippen LogP contribution in [0.1, 0.15) is 76.7 Å². The second-order valence-corrected chi connectivity index (χ2v) is 15.1. The van der Waals surface area contributed by atoms with Crippen LogP contribution in [0.15, 0.2) is 30.3 Å². The van der Waals surface area contributed by atoms with Gasteiger partial charge in [-0.2, -0.15) is 0 Å². The first-order chi connectivity index (χ1) is 29.3. The molecule has 2 fully saturated rings. The topological polar surface area (TPSA) is 373 Å². The first kappa shape index (κ1) is 49.7. The first-order valence-corrected chi connectivity index (χ1v) is 20.1. The summed E-state index contributed by atoms with van der Waals surface area (Å²) in [4.78, 5) is 144. The second-order valence-electron chi connectivity index (χ2n) is 15.1. The van der Waals surface area contributed by atoms with Crippen molar-refractivity contribution in [2.45, 2.75) is 120 Å². The predicted octanol–water partition coefficient (Wildman–Crippen LogP) is -4.47. The number of carbonyl (C=O) groups is 11. The number of primary amides is 3. The fourth-order valence-corrected chi connectivity index (χ4v) is 7.21. The lowest BCUT2D eigenvalue weighted by Crippen LogP contribution is -2.60. The maximum Gasteiger partial charge on any atom is 0.326 e. The molecule has 23 heteroatoms. The summed E-state index contributed by atoms with van der Waals surface area (Å²) in [5, 5.41) is 31.3. The lowest BCUT2D eigenvalue weighted by Gasteiger charge is -2.33. The molecule has 2 heterocycles. The number of aliphatic hydroxyl groups excluding tert-OH is 1. The van der Waals surface area contributed by atoms with E-state index in [1.807, 2.05) is 0 Å². The number of nitrogens with one attached hydrogen (secondary N) is 5. The van der Waals surface area contributed by atoms with Crippen molar-refractivity contribution in [1.82, 2.24) is 36.4 Å². The number of carboxylic acid groups (broad SMARTS) is 1. The predicted molar refractivity (Wildman–Crippen MR) is 215 cm³/mol. The van der Waals surface area contributed by atoms with Crippen LogP contribution in [0.25, 0.3) is 0 Å². The Bertz CT molecular complexity index is 1850. The zero-order chi connectivity index (χ0) is 46.1. The van der Waals surface area contributed by atoms with E-state index < -0.39 is 146 Å². The Kier molecular flexibility index (Phi) is 19.2. The minimum absolute atomic E-state index is 0.00359. The Morgan fingerprint density at radius 2 is 1.10 bits per heavy atom. The van der Waals surface area contributed by atoms with Gasteiger partial charge in [-0.25, -0.2) is 4.79 Å². The van der Waals surface area contributed by atoms with E-state index in [-0.39, 0.29) is 38.8 Å². The van der Waals surface area contributed by atoms with Crippen LogP contribution in [0.4, 0.5) is 0 Å². The maximum atomic E-state index is 14.2. The largest absolute Gasteiger partial charge is 0.480 e. The third-order valence-corrected chi connectivity index (χ3v) is 10.4. The van der Waals surface area contributed by atoms with Crippen LogP contribution in [0.5, 0.6) is 0 Å². The second kappa shape index (κ2) is 24.0. The van der Waals surface area contributed by atoms with Crippen molar-refractivity contribution < 1.29 is 63.0 Å². The highest BCUT2D eigenvalue weighted by molar-refractivity contribution is 5.98. The molecule has 0 saturated carbocycles. The average Bonchev–Trinajstić information content (AvgIpc) is 3.92. The van der Waals surface area contributed by atoms with E-state index in [4.69, 9.17) is 17.2 Å². The van der Waals surface area contributed by atoms with Gasteiger partial charge in [-0.1, -0.05) is 30.3 Å². The molecule has 0 bridgehead atoms. The first-order valence-electron chi connectivity index (χ1n) is 20.1. The number of carboxylic acids is 1.